The molecule has 0 aromatic carbocycles. The normalized spacial score (nSPS) is 17.4. The number of aliphatic hydroxyl groups is 1. The summed E-state index contributed by atoms with van der Waals surface area (Å²) in [6.45, 7) is 1.44. The Hall–Kier alpha value is -1.62. The lowest BCUT2D eigenvalue weighted by Gasteiger charge is -2.30. The van der Waals surface area contributed by atoms with Gasteiger partial charge in [0.05, 0.1) is 11.7 Å². The summed E-state index contributed by atoms with van der Waals surface area (Å²) in [5, 5.41) is 18.2. The summed E-state index contributed by atoms with van der Waals surface area (Å²) in [5.41, 5.74) is 0.246. The van der Waals surface area contributed by atoms with Crippen molar-refractivity contribution in [2.24, 2.45) is 0 Å². The van der Waals surface area contributed by atoms with Crippen molar-refractivity contribution in [3.63, 3.8) is 0 Å². The van der Waals surface area contributed by atoms with E-state index in [2.05, 4.69) is 4.98 Å². The number of pyridine rings is 1. The molecular weight excluding hydrogens is 208 g/mol. The second kappa shape index (κ2) is 4.49. The molecule has 1 fully saturated rings. The molecule has 1 aliphatic rings. The van der Waals surface area contributed by atoms with Crippen molar-refractivity contribution >= 4 is 11.8 Å². The first-order chi connectivity index (χ1) is 7.66. The van der Waals surface area contributed by atoms with E-state index in [9.17, 15) is 9.90 Å². The number of aliphatic hydroxyl groups excluding tert-OH is 1. The van der Waals surface area contributed by atoms with Gasteiger partial charge in [0.2, 0.25) is 0 Å². The van der Waals surface area contributed by atoms with E-state index in [0.717, 1.165) is 13.1 Å². The molecule has 5 heteroatoms. The monoisotopic (exact) mass is 222 g/mol. The Morgan fingerprint density at radius 1 is 1.44 bits per heavy atom. The number of aromatic nitrogens is 1. The predicted molar refractivity (Wildman–Crippen MR) is 58.7 cm³/mol. The molecule has 0 atom stereocenters. The summed E-state index contributed by atoms with van der Waals surface area (Å²) in [6, 6.07) is 3.05. The maximum Gasteiger partial charge on any atom is 0.335 e. The van der Waals surface area contributed by atoms with Gasteiger partial charge in [-0.2, -0.15) is 0 Å². The van der Waals surface area contributed by atoms with Crippen LogP contribution in [0, 0.1) is 0 Å². The molecule has 0 bridgehead atoms. The molecular formula is C11H14N2O3. The maximum absolute atomic E-state index is 10.8. The largest absolute Gasteiger partial charge is 0.478 e. The third-order valence-corrected chi connectivity index (χ3v) is 2.78. The quantitative estimate of drug-likeness (QED) is 0.772. The van der Waals surface area contributed by atoms with E-state index < -0.39 is 5.97 Å². The van der Waals surface area contributed by atoms with Gasteiger partial charge >= 0.3 is 5.97 Å². The van der Waals surface area contributed by atoms with Crippen molar-refractivity contribution in [1.82, 2.24) is 4.98 Å². The van der Waals surface area contributed by atoms with Crippen molar-refractivity contribution < 1.29 is 15.0 Å². The van der Waals surface area contributed by atoms with Crippen molar-refractivity contribution in [3.8, 4) is 0 Å². The highest BCUT2D eigenvalue weighted by Crippen LogP contribution is 2.18. The van der Waals surface area contributed by atoms with Gasteiger partial charge in [-0.1, -0.05) is 0 Å². The Morgan fingerprint density at radius 2 is 2.12 bits per heavy atom. The van der Waals surface area contributed by atoms with Gasteiger partial charge in [0.15, 0.2) is 0 Å². The maximum atomic E-state index is 10.8. The number of hydrogen-bond acceptors (Lipinski definition) is 4. The molecule has 2 N–H and O–H groups in total. The van der Waals surface area contributed by atoms with Gasteiger partial charge in [-0.05, 0) is 25.0 Å². The van der Waals surface area contributed by atoms with E-state index in [4.69, 9.17) is 5.11 Å². The van der Waals surface area contributed by atoms with Crippen LogP contribution in [0.25, 0.3) is 0 Å². The topological polar surface area (TPSA) is 73.7 Å². The summed E-state index contributed by atoms with van der Waals surface area (Å²) in [6.07, 6.45) is 2.68. The number of carbonyl (C=O) groups is 1. The summed E-state index contributed by atoms with van der Waals surface area (Å²) in [7, 11) is 0. The number of rotatable bonds is 2. The van der Waals surface area contributed by atoms with Crippen LogP contribution in [0.3, 0.4) is 0 Å². The molecule has 1 saturated heterocycles. The number of hydrogen-bond donors (Lipinski definition) is 2. The molecule has 5 nitrogen and oxygen atoms in total. The molecule has 0 amide bonds. The zero-order valence-corrected chi connectivity index (χ0v) is 8.83. The lowest BCUT2D eigenvalue weighted by Crippen LogP contribution is -2.36. The minimum atomic E-state index is -0.944. The summed E-state index contributed by atoms with van der Waals surface area (Å²) in [4.78, 5) is 17.0. The van der Waals surface area contributed by atoms with Gasteiger partial charge < -0.3 is 15.1 Å². The van der Waals surface area contributed by atoms with Crippen LogP contribution in [-0.2, 0) is 0 Å². The number of piperidine rings is 1. The number of carboxylic acid groups (broad SMARTS) is 1. The smallest absolute Gasteiger partial charge is 0.335 e. The van der Waals surface area contributed by atoms with Crippen LogP contribution in [0.1, 0.15) is 23.2 Å². The Kier molecular flexibility index (Phi) is 3.05. The van der Waals surface area contributed by atoms with Crippen LogP contribution in [0.5, 0.6) is 0 Å². The third kappa shape index (κ3) is 2.30. The highest BCUT2D eigenvalue weighted by molar-refractivity contribution is 5.88. The van der Waals surface area contributed by atoms with Gasteiger partial charge in [0, 0.05) is 19.3 Å². The van der Waals surface area contributed by atoms with Crippen LogP contribution < -0.4 is 4.90 Å². The van der Waals surface area contributed by atoms with E-state index in [0.29, 0.717) is 18.7 Å². The summed E-state index contributed by atoms with van der Waals surface area (Å²) in [5.74, 6) is -0.271. The zero-order chi connectivity index (χ0) is 11.5. The molecule has 1 aromatic rings. The SMILES string of the molecule is O=C(O)c1ccnc(N2CCC(O)CC2)c1. The average molecular weight is 222 g/mol. The average Bonchev–Trinajstić information content (AvgIpc) is 2.30. The van der Waals surface area contributed by atoms with E-state index >= 15 is 0 Å². The Labute approximate surface area is 93.3 Å². The molecule has 0 radical (unpaired) electrons. The number of anilines is 1. The van der Waals surface area contributed by atoms with Gasteiger partial charge in [-0.3, -0.25) is 0 Å². The van der Waals surface area contributed by atoms with Gasteiger partial charge in [-0.25, -0.2) is 9.78 Å². The minimum Gasteiger partial charge on any atom is -0.478 e. The molecule has 2 heterocycles. The van der Waals surface area contributed by atoms with Crippen LogP contribution in [0.15, 0.2) is 18.3 Å². The highest BCUT2D eigenvalue weighted by Gasteiger charge is 2.18. The van der Waals surface area contributed by atoms with E-state index in [1.807, 2.05) is 4.90 Å². The van der Waals surface area contributed by atoms with E-state index in [1.54, 1.807) is 6.07 Å². The van der Waals surface area contributed by atoms with Crippen LogP contribution in [0.4, 0.5) is 5.82 Å². The third-order valence-electron chi connectivity index (χ3n) is 2.78. The second-order valence-corrected chi connectivity index (χ2v) is 3.93. The van der Waals surface area contributed by atoms with Crippen molar-refractivity contribution in [1.29, 1.82) is 0 Å². The lowest BCUT2D eigenvalue weighted by atomic mass is 10.1. The zero-order valence-electron chi connectivity index (χ0n) is 8.83. The molecule has 0 saturated carbocycles. The number of carboxylic acids is 1. The molecule has 1 aliphatic heterocycles. The molecule has 0 aliphatic carbocycles. The molecule has 16 heavy (non-hydrogen) atoms. The Balaban J connectivity index is 2.14. The summed E-state index contributed by atoms with van der Waals surface area (Å²) >= 11 is 0. The standard InChI is InChI=1S/C11H14N2O3/c14-9-2-5-13(6-3-9)10-7-8(11(15)16)1-4-12-10/h1,4,7,9,14H,2-3,5-6H2,(H,15,16). The Morgan fingerprint density at radius 3 is 2.75 bits per heavy atom. The van der Waals surface area contributed by atoms with Crippen LogP contribution in [-0.4, -0.2) is 40.4 Å². The number of nitrogens with zero attached hydrogens (tertiary/aromatic N) is 2. The van der Waals surface area contributed by atoms with Crippen molar-refractivity contribution in [2.45, 2.75) is 18.9 Å². The first-order valence-corrected chi connectivity index (χ1v) is 5.29. The molecule has 0 unspecified atom stereocenters. The van der Waals surface area contributed by atoms with Gasteiger partial charge in [0.1, 0.15) is 5.82 Å². The van der Waals surface area contributed by atoms with Crippen molar-refractivity contribution in [2.75, 3.05) is 18.0 Å². The van der Waals surface area contributed by atoms with Crippen LogP contribution in [0.2, 0.25) is 0 Å². The fraction of sp³-hybridized carbons (Fsp3) is 0.455. The first kappa shape index (κ1) is 10.9. The van der Waals surface area contributed by atoms with E-state index in [1.165, 1.54) is 12.3 Å². The molecule has 86 valence electrons. The van der Waals surface area contributed by atoms with Crippen LogP contribution >= 0.6 is 0 Å². The van der Waals surface area contributed by atoms with Gasteiger partial charge in [-0.15, -0.1) is 0 Å². The number of aromatic carboxylic acids is 1. The van der Waals surface area contributed by atoms with E-state index in [-0.39, 0.29) is 11.7 Å². The fourth-order valence-corrected chi connectivity index (χ4v) is 1.82. The molecule has 0 spiro atoms. The molecule has 2 rings (SSSR count). The Bertz CT molecular complexity index is 387. The first-order valence-electron chi connectivity index (χ1n) is 5.29. The fourth-order valence-electron chi connectivity index (χ4n) is 1.82. The predicted octanol–water partition coefficient (Wildman–Crippen LogP) is 0.741. The van der Waals surface area contributed by atoms with Crippen molar-refractivity contribution in [3.05, 3.63) is 23.9 Å². The summed E-state index contributed by atoms with van der Waals surface area (Å²) < 4.78 is 0. The van der Waals surface area contributed by atoms with Gasteiger partial charge in [0.25, 0.3) is 0 Å². The minimum absolute atomic E-state index is 0.237. The highest BCUT2D eigenvalue weighted by atomic mass is 16.4. The molecule has 1 aromatic heterocycles. The second-order valence-electron chi connectivity index (χ2n) is 3.93. The lowest BCUT2D eigenvalue weighted by molar-refractivity contribution is 0.0696.